The maximum atomic E-state index is 12.1. The number of aryl methyl sites for hydroxylation is 1. The Kier molecular flexibility index (Phi) is 5.06. The third kappa shape index (κ3) is 3.87. The molecule has 1 aromatic carbocycles. The number of para-hydroxylation sites is 1. The summed E-state index contributed by atoms with van der Waals surface area (Å²) in [6.45, 7) is 3.12. The van der Waals surface area contributed by atoms with E-state index < -0.39 is 6.10 Å². The molecule has 1 heterocycles. The fourth-order valence-electron chi connectivity index (χ4n) is 2.35. The van der Waals surface area contributed by atoms with Gasteiger partial charge < -0.3 is 14.8 Å². The molecule has 114 valence electrons. The third-order valence-electron chi connectivity index (χ3n) is 3.29. The molecule has 2 rings (SSSR count). The number of ether oxygens (including phenoxy) is 1. The minimum atomic E-state index is -0.561. The first-order chi connectivity index (χ1) is 10.0. The number of aliphatic hydroxyl groups excluding tert-OH is 1. The molecular weight excluding hydrogens is 270 g/mol. The second-order valence-electron chi connectivity index (χ2n) is 5.29. The van der Waals surface area contributed by atoms with E-state index in [1.165, 1.54) is 0 Å². The van der Waals surface area contributed by atoms with E-state index in [2.05, 4.69) is 9.97 Å². The zero-order chi connectivity index (χ0) is 15.4. The number of hydrogen-bond acceptors (Lipinski definition) is 5. The van der Waals surface area contributed by atoms with E-state index in [1.807, 2.05) is 31.0 Å². The lowest BCUT2D eigenvalue weighted by Gasteiger charge is -2.19. The second kappa shape index (κ2) is 6.80. The fourth-order valence-corrected chi connectivity index (χ4v) is 2.35. The predicted molar refractivity (Wildman–Crippen MR) is 81.3 cm³/mol. The average Bonchev–Trinajstić information content (AvgIpc) is 2.40. The zero-order valence-corrected chi connectivity index (χ0v) is 12.6. The highest BCUT2D eigenvalue weighted by atomic mass is 16.5. The van der Waals surface area contributed by atoms with Crippen LogP contribution >= 0.6 is 0 Å². The van der Waals surface area contributed by atoms with Crippen molar-refractivity contribution in [2.75, 3.05) is 27.3 Å². The Morgan fingerprint density at radius 3 is 2.95 bits per heavy atom. The van der Waals surface area contributed by atoms with Gasteiger partial charge in [-0.25, -0.2) is 4.98 Å². The van der Waals surface area contributed by atoms with Crippen LogP contribution in [0.4, 0.5) is 0 Å². The van der Waals surface area contributed by atoms with Crippen LogP contribution in [-0.4, -0.2) is 53.4 Å². The largest absolute Gasteiger partial charge is 0.389 e. The number of nitrogens with one attached hydrogen (secondary N) is 1. The minimum Gasteiger partial charge on any atom is -0.389 e. The van der Waals surface area contributed by atoms with Gasteiger partial charge in [-0.2, -0.15) is 0 Å². The number of aromatic nitrogens is 2. The summed E-state index contributed by atoms with van der Waals surface area (Å²) < 4.78 is 4.90. The fraction of sp³-hybridized carbons (Fsp3) is 0.467. The first kappa shape index (κ1) is 15.6. The molecular formula is C15H21N3O3. The Morgan fingerprint density at radius 1 is 1.48 bits per heavy atom. The molecule has 6 nitrogen and oxygen atoms in total. The molecule has 0 saturated carbocycles. The molecule has 0 saturated heterocycles. The Balaban J connectivity index is 2.19. The summed E-state index contributed by atoms with van der Waals surface area (Å²) in [5.41, 5.74) is 1.56. The summed E-state index contributed by atoms with van der Waals surface area (Å²) in [5, 5.41) is 10.3. The number of likely N-dealkylation sites (N-methyl/N-ethyl adjacent to an activating group) is 1. The van der Waals surface area contributed by atoms with E-state index in [-0.39, 0.29) is 12.2 Å². The highest BCUT2D eigenvalue weighted by molar-refractivity contribution is 5.80. The standard InChI is InChI=1S/C15H21N3O3/c1-10-5-4-6-12-14(10)16-13(17-15(12)20)8-18(2)7-11(19)9-21-3/h4-6,11,19H,7-9H2,1-3H3,(H,16,17,20). The molecule has 0 spiro atoms. The number of nitrogens with zero attached hydrogens (tertiary/aromatic N) is 2. The van der Waals surface area contributed by atoms with Crippen LogP contribution < -0.4 is 5.56 Å². The zero-order valence-electron chi connectivity index (χ0n) is 12.6. The summed E-state index contributed by atoms with van der Waals surface area (Å²) in [5.74, 6) is 0.592. The van der Waals surface area contributed by atoms with E-state index in [9.17, 15) is 9.90 Å². The van der Waals surface area contributed by atoms with Crippen molar-refractivity contribution in [2.45, 2.75) is 19.6 Å². The lowest BCUT2D eigenvalue weighted by atomic mass is 10.1. The van der Waals surface area contributed by atoms with Crippen molar-refractivity contribution in [2.24, 2.45) is 0 Å². The van der Waals surface area contributed by atoms with Gasteiger partial charge in [0.2, 0.25) is 0 Å². The van der Waals surface area contributed by atoms with Gasteiger partial charge in [-0.15, -0.1) is 0 Å². The Bertz CT molecular complexity index is 669. The van der Waals surface area contributed by atoms with Crippen LogP contribution in [0.15, 0.2) is 23.0 Å². The summed E-state index contributed by atoms with van der Waals surface area (Å²) in [6, 6.07) is 5.55. The summed E-state index contributed by atoms with van der Waals surface area (Å²) in [7, 11) is 3.41. The Morgan fingerprint density at radius 2 is 2.24 bits per heavy atom. The van der Waals surface area contributed by atoms with Crippen LogP contribution in [0, 0.1) is 6.92 Å². The molecule has 2 N–H and O–H groups in total. The van der Waals surface area contributed by atoms with Gasteiger partial charge in [-0.3, -0.25) is 9.69 Å². The molecule has 0 radical (unpaired) electrons. The molecule has 2 aromatic rings. The van der Waals surface area contributed by atoms with E-state index in [0.29, 0.717) is 24.3 Å². The number of hydrogen-bond donors (Lipinski definition) is 2. The van der Waals surface area contributed by atoms with Crippen LogP contribution in [0.5, 0.6) is 0 Å². The van der Waals surface area contributed by atoms with Crippen molar-refractivity contribution in [1.29, 1.82) is 0 Å². The molecule has 21 heavy (non-hydrogen) atoms. The SMILES string of the molecule is COCC(O)CN(C)Cc1nc2c(C)cccc2c(=O)[nH]1. The molecule has 6 heteroatoms. The van der Waals surface area contributed by atoms with Crippen molar-refractivity contribution in [3.63, 3.8) is 0 Å². The normalized spacial score (nSPS) is 13.0. The smallest absolute Gasteiger partial charge is 0.258 e. The maximum Gasteiger partial charge on any atom is 0.258 e. The molecule has 1 atom stereocenters. The van der Waals surface area contributed by atoms with Gasteiger partial charge in [0.15, 0.2) is 0 Å². The second-order valence-corrected chi connectivity index (χ2v) is 5.29. The van der Waals surface area contributed by atoms with Crippen molar-refractivity contribution in [3.8, 4) is 0 Å². The minimum absolute atomic E-state index is 0.135. The molecule has 0 aliphatic rings. The third-order valence-corrected chi connectivity index (χ3v) is 3.29. The van der Waals surface area contributed by atoms with Crippen LogP contribution in [0.1, 0.15) is 11.4 Å². The highest BCUT2D eigenvalue weighted by Crippen LogP contribution is 2.12. The number of fused-ring (bicyclic) bond motifs is 1. The van der Waals surface area contributed by atoms with E-state index in [1.54, 1.807) is 13.2 Å². The summed E-state index contributed by atoms with van der Waals surface area (Å²) in [6.07, 6.45) is -0.561. The lowest BCUT2D eigenvalue weighted by molar-refractivity contribution is 0.0414. The number of H-pyrrole nitrogens is 1. The predicted octanol–water partition coefficient (Wildman–Crippen LogP) is 0.671. The van der Waals surface area contributed by atoms with Gasteiger partial charge in [0.1, 0.15) is 5.82 Å². The first-order valence-electron chi connectivity index (χ1n) is 6.85. The van der Waals surface area contributed by atoms with E-state index in [4.69, 9.17) is 4.74 Å². The van der Waals surface area contributed by atoms with E-state index >= 15 is 0 Å². The number of rotatable bonds is 6. The maximum absolute atomic E-state index is 12.1. The Labute approximate surface area is 123 Å². The molecule has 0 aliphatic heterocycles. The van der Waals surface area contributed by atoms with Crippen LogP contribution in [0.25, 0.3) is 10.9 Å². The lowest BCUT2D eigenvalue weighted by Crippen LogP contribution is -2.32. The van der Waals surface area contributed by atoms with Gasteiger partial charge in [-0.05, 0) is 25.6 Å². The van der Waals surface area contributed by atoms with Gasteiger partial charge in [-0.1, -0.05) is 12.1 Å². The molecule has 1 aromatic heterocycles. The Hall–Kier alpha value is -1.76. The van der Waals surface area contributed by atoms with Crippen LogP contribution in [0.2, 0.25) is 0 Å². The first-order valence-corrected chi connectivity index (χ1v) is 6.85. The summed E-state index contributed by atoms with van der Waals surface area (Å²) in [4.78, 5) is 21.3. The molecule has 0 amide bonds. The summed E-state index contributed by atoms with van der Waals surface area (Å²) >= 11 is 0. The quantitative estimate of drug-likeness (QED) is 0.818. The molecule has 0 aliphatic carbocycles. The van der Waals surface area contributed by atoms with Gasteiger partial charge >= 0.3 is 0 Å². The number of benzene rings is 1. The topological polar surface area (TPSA) is 78.5 Å². The average molecular weight is 291 g/mol. The monoisotopic (exact) mass is 291 g/mol. The van der Waals surface area contributed by atoms with Crippen molar-refractivity contribution >= 4 is 10.9 Å². The molecule has 0 bridgehead atoms. The molecule has 1 unspecified atom stereocenters. The highest BCUT2D eigenvalue weighted by Gasteiger charge is 2.11. The number of aromatic amines is 1. The van der Waals surface area contributed by atoms with Crippen LogP contribution in [-0.2, 0) is 11.3 Å². The van der Waals surface area contributed by atoms with Gasteiger partial charge in [0, 0.05) is 13.7 Å². The van der Waals surface area contributed by atoms with Gasteiger partial charge in [0.05, 0.1) is 30.2 Å². The number of methoxy groups -OCH3 is 1. The van der Waals surface area contributed by atoms with E-state index in [0.717, 1.165) is 11.1 Å². The van der Waals surface area contributed by atoms with Crippen LogP contribution in [0.3, 0.4) is 0 Å². The van der Waals surface area contributed by atoms with Crippen molar-refractivity contribution in [1.82, 2.24) is 14.9 Å². The molecule has 0 fully saturated rings. The number of aliphatic hydroxyl groups is 1. The van der Waals surface area contributed by atoms with Gasteiger partial charge in [0.25, 0.3) is 5.56 Å². The van der Waals surface area contributed by atoms with Crippen molar-refractivity contribution < 1.29 is 9.84 Å². The van der Waals surface area contributed by atoms with Crippen molar-refractivity contribution in [3.05, 3.63) is 39.9 Å².